The van der Waals surface area contributed by atoms with Crippen LogP contribution in [0.25, 0.3) is 0 Å². The Morgan fingerprint density at radius 2 is 1.82 bits per heavy atom. The second-order valence-electron chi connectivity index (χ2n) is 6.34. The molecule has 1 aromatic carbocycles. The third kappa shape index (κ3) is 5.30. The molecule has 0 aliphatic heterocycles. The van der Waals surface area contributed by atoms with E-state index in [1.165, 1.54) is 5.56 Å². The van der Waals surface area contributed by atoms with Gasteiger partial charge in [0.1, 0.15) is 11.4 Å². The molecule has 0 fully saturated rings. The number of anilines is 2. The summed E-state index contributed by atoms with van der Waals surface area (Å²) in [7, 11) is 2.00. The molecule has 0 unspecified atom stereocenters. The predicted molar refractivity (Wildman–Crippen MR) is 111 cm³/mol. The Balaban J connectivity index is 1.62. The number of likely N-dealkylation sites (N-methyl/N-ethyl adjacent to an activating group) is 1. The molecule has 0 aliphatic rings. The molecule has 0 spiro atoms. The summed E-state index contributed by atoms with van der Waals surface area (Å²) in [6.07, 6.45) is 6.15. The molecule has 3 rings (SSSR count). The van der Waals surface area contributed by atoms with Gasteiger partial charge in [0, 0.05) is 43.6 Å². The molecule has 28 heavy (non-hydrogen) atoms. The van der Waals surface area contributed by atoms with Crippen LogP contribution in [-0.4, -0.2) is 36.1 Å². The highest BCUT2D eigenvalue weighted by atomic mass is 16.5. The van der Waals surface area contributed by atoms with E-state index < -0.39 is 0 Å². The van der Waals surface area contributed by atoms with Gasteiger partial charge in [-0.2, -0.15) is 0 Å². The summed E-state index contributed by atoms with van der Waals surface area (Å²) >= 11 is 0. The minimum Gasteiger partial charge on any atom is -0.494 e. The minimum atomic E-state index is -0.242. The maximum atomic E-state index is 12.5. The lowest BCUT2D eigenvalue weighted by atomic mass is 10.2. The van der Waals surface area contributed by atoms with Gasteiger partial charge >= 0.3 is 0 Å². The molecule has 0 bridgehead atoms. The lowest BCUT2D eigenvalue weighted by Gasteiger charge is -2.19. The van der Waals surface area contributed by atoms with Crippen LogP contribution in [0.15, 0.2) is 67.1 Å². The lowest BCUT2D eigenvalue weighted by Crippen LogP contribution is -2.21. The van der Waals surface area contributed by atoms with Crippen LogP contribution in [0, 0.1) is 0 Å². The molecule has 3 aromatic rings. The monoisotopic (exact) mass is 376 g/mol. The molecule has 0 saturated carbocycles. The van der Waals surface area contributed by atoms with Gasteiger partial charge in [-0.1, -0.05) is 0 Å². The number of rotatable bonds is 8. The summed E-state index contributed by atoms with van der Waals surface area (Å²) in [6.45, 7) is 3.37. The lowest BCUT2D eigenvalue weighted by molar-refractivity contribution is 0.102. The van der Waals surface area contributed by atoms with Gasteiger partial charge < -0.3 is 15.0 Å². The molecule has 6 nitrogen and oxygen atoms in total. The van der Waals surface area contributed by atoms with Gasteiger partial charge in [-0.05, 0) is 67.4 Å². The van der Waals surface area contributed by atoms with E-state index in [1.807, 2.05) is 56.4 Å². The van der Waals surface area contributed by atoms with Crippen LogP contribution in [-0.2, 0) is 6.42 Å². The van der Waals surface area contributed by atoms with Crippen molar-refractivity contribution in [2.75, 3.05) is 30.4 Å². The van der Waals surface area contributed by atoms with Crippen molar-refractivity contribution in [2.45, 2.75) is 13.3 Å². The highest BCUT2D eigenvalue weighted by Crippen LogP contribution is 2.18. The number of amides is 1. The fraction of sp³-hybridized carbons (Fsp3) is 0.227. The number of benzene rings is 1. The highest BCUT2D eigenvalue weighted by molar-refractivity contribution is 6.03. The van der Waals surface area contributed by atoms with Crippen molar-refractivity contribution in [3.63, 3.8) is 0 Å². The number of ether oxygens (including phenoxy) is 1. The number of nitrogens with zero attached hydrogens (tertiary/aromatic N) is 3. The number of carbonyl (C=O) groups excluding carboxylic acids is 1. The molecule has 2 heterocycles. The summed E-state index contributed by atoms with van der Waals surface area (Å²) in [5.74, 6) is 0.532. The van der Waals surface area contributed by atoms with Gasteiger partial charge in [-0.3, -0.25) is 14.8 Å². The van der Waals surface area contributed by atoms with Crippen molar-refractivity contribution in [3.05, 3.63) is 78.4 Å². The first-order valence-electron chi connectivity index (χ1n) is 9.26. The molecule has 0 aliphatic carbocycles. The van der Waals surface area contributed by atoms with Gasteiger partial charge in [-0.15, -0.1) is 0 Å². The molecule has 2 aromatic heterocycles. The molecule has 0 atom stereocenters. The Bertz CT molecular complexity index is 898. The van der Waals surface area contributed by atoms with E-state index in [9.17, 15) is 4.79 Å². The summed E-state index contributed by atoms with van der Waals surface area (Å²) in [5, 5.41) is 2.87. The van der Waals surface area contributed by atoms with E-state index in [0.29, 0.717) is 18.0 Å². The zero-order chi connectivity index (χ0) is 19.8. The molecule has 1 N–H and O–H groups in total. The van der Waals surface area contributed by atoms with Gasteiger partial charge in [0.2, 0.25) is 0 Å². The quantitative estimate of drug-likeness (QED) is 0.648. The van der Waals surface area contributed by atoms with Crippen LogP contribution in [0.3, 0.4) is 0 Å². The maximum absolute atomic E-state index is 12.5. The van der Waals surface area contributed by atoms with E-state index in [2.05, 4.69) is 20.2 Å². The fourth-order valence-corrected chi connectivity index (χ4v) is 2.75. The van der Waals surface area contributed by atoms with Gasteiger partial charge in [-0.25, -0.2) is 0 Å². The molecule has 1 amide bonds. The van der Waals surface area contributed by atoms with Crippen LogP contribution in [0.2, 0.25) is 0 Å². The van der Waals surface area contributed by atoms with E-state index >= 15 is 0 Å². The summed E-state index contributed by atoms with van der Waals surface area (Å²) in [5.41, 5.74) is 3.25. The largest absolute Gasteiger partial charge is 0.494 e. The van der Waals surface area contributed by atoms with Gasteiger partial charge in [0.15, 0.2) is 0 Å². The smallest absolute Gasteiger partial charge is 0.274 e. The summed E-state index contributed by atoms with van der Waals surface area (Å²) in [6, 6.07) is 15.0. The fourth-order valence-electron chi connectivity index (χ4n) is 2.75. The topological polar surface area (TPSA) is 67.3 Å². The standard InChI is InChI=1S/C22H24N4O2/c1-3-28-20-6-4-18(5-7-20)25-22(27)21-16-19(10-14-24-21)26(2)15-11-17-8-12-23-13-9-17/h4-10,12-14,16H,3,11,15H2,1-2H3,(H,25,27). The first-order valence-corrected chi connectivity index (χ1v) is 9.26. The van der Waals surface area contributed by atoms with Crippen molar-refractivity contribution in [3.8, 4) is 5.75 Å². The van der Waals surface area contributed by atoms with Crippen molar-refractivity contribution in [1.82, 2.24) is 9.97 Å². The van der Waals surface area contributed by atoms with Crippen molar-refractivity contribution in [1.29, 1.82) is 0 Å². The van der Waals surface area contributed by atoms with E-state index in [1.54, 1.807) is 24.7 Å². The van der Waals surface area contributed by atoms with Crippen molar-refractivity contribution >= 4 is 17.3 Å². The Morgan fingerprint density at radius 3 is 2.54 bits per heavy atom. The second kappa shape index (κ2) is 9.50. The maximum Gasteiger partial charge on any atom is 0.274 e. The summed E-state index contributed by atoms with van der Waals surface area (Å²) in [4.78, 5) is 22.9. The van der Waals surface area contributed by atoms with Crippen LogP contribution in [0.4, 0.5) is 11.4 Å². The predicted octanol–water partition coefficient (Wildman–Crippen LogP) is 3.81. The molecule has 0 radical (unpaired) electrons. The van der Waals surface area contributed by atoms with E-state index in [4.69, 9.17) is 4.74 Å². The Hall–Kier alpha value is -3.41. The Morgan fingerprint density at radius 1 is 1.07 bits per heavy atom. The van der Waals surface area contributed by atoms with Crippen molar-refractivity contribution < 1.29 is 9.53 Å². The minimum absolute atomic E-state index is 0.242. The van der Waals surface area contributed by atoms with Gasteiger partial charge in [0.25, 0.3) is 5.91 Å². The highest BCUT2D eigenvalue weighted by Gasteiger charge is 2.10. The SMILES string of the molecule is CCOc1ccc(NC(=O)c2cc(N(C)CCc3ccncc3)ccn2)cc1. The normalized spacial score (nSPS) is 10.4. The van der Waals surface area contributed by atoms with E-state index in [0.717, 1.165) is 24.4 Å². The average Bonchev–Trinajstić information content (AvgIpc) is 2.74. The molecule has 0 saturated heterocycles. The molecular weight excluding hydrogens is 352 g/mol. The van der Waals surface area contributed by atoms with Crippen LogP contribution >= 0.6 is 0 Å². The number of hydrogen-bond donors (Lipinski definition) is 1. The average molecular weight is 376 g/mol. The first kappa shape index (κ1) is 19.4. The number of nitrogens with one attached hydrogen (secondary N) is 1. The molecule has 6 heteroatoms. The molecule has 144 valence electrons. The number of aromatic nitrogens is 2. The third-order valence-electron chi connectivity index (χ3n) is 4.33. The second-order valence-corrected chi connectivity index (χ2v) is 6.34. The third-order valence-corrected chi connectivity index (χ3v) is 4.33. The van der Waals surface area contributed by atoms with Crippen LogP contribution in [0.5, 0.6) is 5.75 Å². The number of hydrogen-bond acceptors (Lipinski definition) is 5. The number of pyridine rings is 2. The summed E-state index contributed by atoms with van der Waals surface area (Å²) < 4.78 is 5.41. The van der Waals surface area contributed by atoms with Gasteiger partial charge in [0.05, 0.1) is 6.61 Å². The molecular formula is C22H24N4O2. The number of carbonyl (C=O) groups is 1. The Labute approximate surface area is 165 Å². The van der Waals surface area contributed by atoms with Crippen LogP contribution in [0.1, 0.15) is 23.0 Å². The zero-order valence-electron chi connectivity index (χ0n) is 16.1. The van der Waals surface area contributed by atoms with Crippen LogP contribution < -0.4 is 15.0 Å². The van der Waals surface area contributed by atoms with E-state index in [-0.39, 0.29) is 5.91 Å². The first-order chi connectivity index (χ1) is 13.7. The van der Waals surface area contributed by atoms with Crippen molar-refractivity contribution in [2.24, 2.45) is 0 Å². The zero-order valence-corrected chi connectivity index (χ0v) is 16.1. The Kier molecular flexibility index (Phi) is 6.57.